The number of aromatic nitrogens is 2. The van der Waals surface area contributed by atoms with E-state index in [4.69, 9.17) is 23.2 Å². The average Bonchev–Trinajstić information content (AvgIpc) is 2.79. The van der Waals surface area contributed by atoms with E-state index >= 15 is 0 Å². The first-order chi connectivity index (χ1) is 10.1. The highest BCUT2D eigenvalue weighted by Gasteiger charge is 2.20. The monoisotopic (exact) mass is 326 g/mol. The van der Waals surface area contributed by atoms with Crippen LogP contribution in [0.5, 0.6) is 0 Å². The van der Waals surface area contributed by atoms with E-state index in [9.17, 15) is 8.78 Å². The highest BCUT2D eigenvalue weighted by atomic mass is 35.5. The molecule has 0 unspecified atom stereocenters. The Morgan fingerprint density at radius 3 is 2.38 bits per heavy atom. The van der Waals surface area contributed by atoms with Gasteiger partial charge in [0.25, 0.3) is 0 Å². The Morgan fingerprint density at radius 2 is 1.71 bits per heavy atom. The van der Waals surface area contributed by atoms with Gasteiger partial charge in [0.05, 0.1) is 16.1 Å². The highest BCUT2D eigenvalue weighted by molar-refractivity contribution is 6.35. The van der Waals surface area contributed by atoms with Crippen LogP contribution in [0.25, 0.3) is 16.7 Å². The number of nitrogens with zero attached hydrogens (tertiary/aromatic N) is 2. The fourth-order valence-corrected chi connectivity index (χ4v) is 2.75. The Hall–Kier alpha value is -1.65. The number of imidazole rings is 1. The van der Waals surface area contributed by atoms with Crippen molar-refractivity contribution in [2.45, 2.75) is 6.42 Å². The van der Waals surface area contributed by atoms with Crippen LogP contribution in [0.1, 0.15) is 5.82 Å². The van der Waals surface area contributed by atoms with Gasteiger partial charge in [0.2, 0.25) is 0 Å². The first kappa shape index (κ1) is 14.3. The van der Waals surface area contributed by atoms with Crippen molar-refractivity contribution in [2.75, 3.05) is 5.88 Å². The molecule has 108 valence electrons. The fraction of sp³-hybridized carbons (Fsp3) is 0.133. The van der Waals surface area contributed by atoms with Gasteiger partial charge in [-0.1, -0.05) is 23.7 Å². The molecule has 0 radical (unpaired) electrons. The maximum absolute atomic E-state index is 14.1. The second-order valence-electron chi connectivity index (χ2n) is 4.48. The van der Waals surface area contributed by atoms with E-state index in [0.29, 0.717) is 28.3 Å². The van der Waals surface area contributed by atoms with Crippen LogP contribution in [0.2, 0.25) is 5.02 Å². The van der Waals surface area contributed by atoms with Crippen LogP contribution in [0.3, 0.4) is 0 Å². The maximum Gasteiger partial charge on any atom is 0.150 e. The quantitative estimate of drug-likeness (QED) is 0.636. The molecule has 2 nitrogen and oxygen atoms in total. The molecule has 3 rings (SSSR count). The van der Waals surface area contributed by atoms with Gasteiger partial charge in [-0.05, 0) is 24.3 Å². The number of fused-ring (bicyclic) bond motifs is 1. The highest BCUT2D eigenvalue weighted by Crippen LogP contribution is 2.30. The molecule has 0 aliphatic carbocycles. The van der Waals surface area contributed by atoms with Gasteiger partial charge in [-0.3, -0.25) is 4.57 Å². The Morgan fingerprint density at radius 1 is 1.05 bits per heavy atom. The molecule has 0 aliphatic rings. The molecule has 0 saturated carbocycles. The van der Waals surface area contributed by atoms with Crippen LogP contribution in [0, 0.1) is 11.6 Å². The van der Waals surface area contributed by atoms with Crippen molar-refractivity contribution in [1.29, 1.82) is 0 Å². The summed E-state index contributed by atoms with van der Waals surface area (Å²) in [7, 11) is 0. The van der Waals surface area contributed by atoms with Gasteiger partial charge in [0.15, 0.2) is 0 Å². The normalized spacial score (nSPS) is 11.2. The zero-order chi connectivity index (χ0) is 15.0. The first-order valence-electron chi connectivity index (χ1n) is 6.29. The van der Waals surface area contributed by atoms with E-state index < -0.39 is 11.6 Å². The number of rotatable bonds is 3. The van der Waals surface area contributed by atoms with Gasteiger partial charge in [0, 0.05) is 12.3 Å². The zero-order valence-corrected chi connectivity index (χ0v) is 12.3. The molecule has 1 heterocycles. The standard InChI is InChI=1S/C15H10Cl2F2N2/c16-8-7-13-20-12-6-1-3-9(17)14(12)21(13)15-10(18)4-2-5-11(15)19/h1-6H,7-8H2. The summed E-state index contributed by atoms with van der Waals surface area (Å²) in [6.45, 7) is 0. The van der Waals surface area contributed by atoms with Crippen molar-refractivity contribution in [2.24, 2.45) is 0 Å². The van der Waals surface area contributed by atoms with E-state index in [1.807, 2.05) is 0 Å². The molecular formula is C15H10Cl2F2N2. The first-order valence-corrected chi connectivity index (χ1v) is 7.21. The van der Waals surface area contributed by atoms with Gasteiger partial charge >= 0.3 is 0 Å². The van der Waals surface area contributed by atoms with Gasteiger partial charge in [-0.2, -0.15) is 0 Å². The number of benzene rings is 2. The van der Waals surface area contributed by atoms with E-state index in [1.165, 1.54) is 22.8 Å². The van der Waals surface area contributed by atoms with Gasteiger partial charge < -0.3 is 0 Å². The van der Waals surface area contributed by atoms with Crippen LogP contribution in [0.4, 0.5) is 8.78 Å². The molecule has 0 atom stereocenters. The molecule has 1 aromatic heterocycles. The lowest BCUT2D eigenvalue weighted by atomic mass is 10.2. The molecule has 2 aromatic carbocycles. The minimum atomic E-state index is -0.676. The van der Waals surface area contributed by atoms with Crippen LogP contribution in [-0.4, -0.2) is 15.4 Å². The summed E-state index contributed by atoms with van der Waals surface area (Å²) in [6.07, 6.45) is 0.375. The minimum absolute atomic E-state index is 0.187. The predicted octanol–water partition coefficient (Wildman–Crippen LogP) is 4.74. The minimum Gasteiger partial charge on any atom is -0.289 e. The molecule has 0 spiro atoms. The molecule has 0 bridgehead atoms. The predicted molar refractivity (Wildman–Crippen MR) is 80.4 cm³/mol. The molecule has 3 aromatic rings. The maximum atomic E-state index is 14.1. The molecular weight excluding hydrogens is 317 g/mol. The van der Waals surface area contributed by atoms with Crippen molar-refractivity contribution in [1.82, 2.24) is 9.55 Å². The lowest BCUT2D eigenvalue weighted by molar-refractivity contribution is 0.568. The number of hydrogen-bond donors (Lipinski definition) is 0. The van der Waals surface area contributed by atoms with Crippen molar-refractivity contribution in [3.8, 4) is 5.69 Å². The molecule has 0 N–H and O–H groups in total. The third-order valence-electron chi connectivity index (χ3n) is 3.18. The number of halogens is 4. The topological polar surface area (TPSA) is 17.8 Å². The van der Waals surface area contributed by atoms with E-state index in [0.717, 1.165) is 0 Å². The molecule has 0 fully saturated rings. The summed E-state index contributed by atoms with van der Waals surface area (Å²) in [5.74, 6) is -0.594. The fourth-order valence-electron chi connectivity index (χ4n) is 2.33. The molecule has 6 heteroatoms. The molecule has 0 amide bonds. The van der Waals surface area contributed by atoms with Crippen LogP contribution in [-0.2, 0) is 6.42 Å². The smallest absolute Gasteiger partial charge is 0.150 e. The number of para-hydroxylation sites is 2. The largest absolute Gasteiger partial charge is 0.289 e. The second kappa shape index (κ2) is 5.62. The molecule has 0 saturated heterocycles. The lowest BCUT2D eigenvalue weighted by Crippen LogP contribution is -2.07. The number of aryl methyl sites for hydroxylation is 1. The Balaban J connectivity index is 2.42. The summed E-state index contributed by atoms with van der Waals surface area (Å²) in [4.78, 5) is 4.38. The van der Waals surface area contributed by atoms with E-state index in [-0.39, 0.29) is 11.6 Å². The third-order valence-corrected chi connectivity index (χ3v) is 3.67. The van der Waals surface area contributed by atoms with Gasteiger partial charge in [-0.15, -0.1) is 11.6 Å². The molecule has 0 aliphatic heterocycles. The van der Waals surface area contributed by atoms with Gasteiger partial charge in [0.1, 0.15) is 23.1 Å². The van der Waals surface area contributed by atoms with Crippen molar-refractivity contribution >= 4 is 34.2 Å². The Kier molecular flexibility index (Phi) is 3.83. The van der Waals surface area contributed by atoms with E-state index in [1.54, 1.807) is 18.2 Å². The summed E-state index contributed by atoms with van der Waals surface area (Å²) >= 11 is 12.0. The second-order valence-corrected chi connectivity index (χ2v) is 5.27. The molecule has 21 heavy (non-hydrogen) atoms. The SMILES string of the molecule is Fc1cccc(F)c1-n1c(CCCl)nc2cccc(Cl)c21. The Bertz CT molecular complexity index is 795. The van der Waals surface area contributed by atoms with Crippen molar-refractivity contribution in [3.63, 3.8) is 0 Å². The summed E-state index contributed by atoms with van der Waals surface area (Å²) in [5, 5.41) is 0.378. The van der Waals surface area contributed by atoms with E-state index in [2.05, 4.69) is 4.98 Å². The zero-order valence-electron chi connectivity index (χ0n) is 10.8. The van der Waals surface area contributed by atoms with Crippen LogP contribution >= 0.6 is 23.2 Å². The summed E-state index contributed by atoms with van der Waals surface area (Å²) < 4.78 is 29.7. The van der Waals surface area contributed by atoms with Crippen LogP contribution in [0.15, 0.2) is 36.4 Å². The number of hydrogen-bond acceptors (Lipinski definition) is 1. The van der Waals surface area contributed by atoms with Crippen molar-refractivity contribution < 1.29 is 8.78 Å². The van der Waals surface area contributed by atoms with Crippen molar-refractivity contribution in [3.05, 3.63) is 58.9 Å². The summed E-state index contributed by atoms with van der Waals surface area (Å²) in [5.41, 5.74) is 0.863. The van der Waals surface area contributed by atoms with Gasteiger partial charge in [-0.25, -0.2) is 13.8 Å². The lowest BCUT2D eigenvalue weighted by Gasteiger charge is -2.11. The van der Waals surface area contributed by atoms with Crippen LogP contribution < -0.4 is 0 Å². The number of alkyl halides is 1. The third kappa shape index (κ3) is 2.39. The summed E-state index contributed by atoms with van der Waals surface area (Å²) in [6, 6.07) is 8.86. The Labute approximate surface area is 129 Å². The average molecular weight is 327 g/mol.